The Bertz CT molecular complexity index is 295. The first-order valence-corrected chi connectivity index (χ1v) is 6.46. The van der Waals surface area contributed by atoms with Crippen molar-refractivity contribution in [2.45, 2.75) is 31.4 Å². The van der Waals surface area contributed by atoms with E-state index in [2.05, 4.69) is 4.72 Å². The van der Waals surface area contributed by atoms with Gasteiger partial charge in [0.1, 0.15) is 0 Å². The molecule has 6 heteroatoms. The van der Waals surface area contributed by atoms with E-state index in [9.17, 15) is 8.42 Å². The van der Waals surface area contributed by atoms with Crippen molar-refractivity contribution >= 4 is 10.0 Å². The van der Waals surface area contributed by atoms with Crippen LogP contribution in [-0.2, 0) is 14.8 Å². The van der Waals surface area contributed by atoms with Crippen LogP contribution in [0.15, 0.2) is 0 Å². The van der Waals surface area contributed by atoms with Gasteiger partial charge in [-0.2, -0.15) is 5.26 Å². The number of nitrogens with one attached hydrogen (secondary N) is 1. The summed E-state index contributed by atoms with van der Waals surface area (Å²) in [6, 6.07) is 1.70. The van der Waals surface area contributed by atoms with E-state index in [0.717, 1.165) is 19.3 Å². The van der Waals surface area contributed by atoms with Gasteiger partial charge in [-0.25, -0.2) is 13.1 Å². The maximum Gasteiger partial charge on any atom is 0.227 e. The monoisotopic (exact) mass is 234 g/mol. The Labute approximate surface area is 91.5 Å². The molecule has 0 bridgehead atoms. The van der Waals surface area contributed by atoms with Crippen LogP contribution in [0, 0.1) is 11.3 Å². The molecular weight excluding hydrogens is 216 g/mol. The minimum Gasteiger partial charge on any atom is -0.385 e. The smallest absolute Gasteiger partial charge is 0.227 e. The zero-order valence-corrected chi connectivity index (χ0v) is 10.0. The van der Waals surface area contributed by atoms with Gasteiger partial charge < -0.3 is 4.74 Å². The zero-order valence-electron chi connectivity index (χ0n) is 9.19. The Morgan fingerprint density at radius 1 is 1.40 bits per heavy atom. The Balaban J connectivity index is 3.64. The van der Waals surface area contributed by atoms with Gasteiger partial charge in [0.15, 0.2) is 5.25 Å². The molecule has 1 N–H and O–H groups in total. The molecule has 88 valence electrons. The molecule has 0 aromatic carbocycles. The summed E-state index contributed by atoms with van der Waals surface area (Å²) in [7, 11) is -1.81. The van der Waals surface area contributed by atoms with Crippen LogP contribution >= 0.6 is 0 Å². The highest BCUT2D eigenvalue weighted by atomic mass is 32.2. The van der Waals surface area contributed by atoms with E-state index in [1.807, 2.05) is 0 Å². The van der Waals surface area contributed by atoms with Gasteiger partial charge in [0.05, 0.1) is 6.07 Å². The van der Waals surface area contributed by atoms with Gasteiger partial charge in [0.2, 0.25) is 10.0 Å². The maximum atomic E-state index is 11.3. The fourth-order valence-electron chi connectivity index (χ4n) is 0.957. The number of nitriles is 1. The predicted molar refractivity (Wildman–Crippen MR) is 57.7 cm³/mol. The summed E-state index contributed by atoms with van der Waals surface area (Å²) in [5, 5.41) is 7.47. The van der Waals surface area contributed by atoms with Crippen molar-refractivity contribution in [3.05, 3.63) is 0 Å². The van der Waals surface area contributed by atoms with Crippen molar-refractivity contribution in [1.29, 1.82) is 5.26 Å². The molecule has 5 nitrogen and oxygen atoms in total. The molecular formula is C9H18N2O3S. The van der Waals surface area contributed by atoms with Crippen LogP contribution in [0.3, 0.4) is 0 Å². The first kappa shape index (κ1) is 14.4. The van der Waals surface area contributed by atoms with Gasteiger partial charge in [-0.05, 0) is 26.2 Å². The number of rotatable bonds is 8. The maximum absolute atomic E-state index is 11.3. The van der Waals surface area contributed by atoms with Crippen LogP contribution in [0.5, 0.6) is 0 Å². The lowest BCUT2D eigenvalue weighted by atomic mass is 10.2. The third kappa shape index (κ3) is 6.44. The van der Waals surface area contributed by atoms with Crippen LogP contribution in [0.2, 0.25) is 0 Å². The van der Waals surface area contributed by atoms with Gasteiger partial charge in [-0.15, -0.1) is 0 Å². The van der Waals surface area contributed by atoms with E-state index in [0.29, 0.717) is 13.2 Å². The summed E-state index contributed by atoms with van der Waals surface area (Å²) in [6.45, 7) is 2.45. The van der Waals surface area contributed by atoms with Gasteiger partial charge in [-0.1, -0.05) is 0 Å². The lowest BCUT2D eigenvalue weighted by Gasteiger charge is -2.07. The third-order valence-electron chi connectivity index (χ3n) is 1.98. The van der Waals surface area contributed by atoms with Crippen LogP contribution in [0.4, 0.5) is 0 Å². The molecule has 15 heavy (non-hydrogen) atoms. The average Bonchev–Trinajstić information content (AvgIpc) is 2.22. The van der Waals surface area contributed by atoms with E-state index >= 15 is 0 Å². The fourth-order valence-corrected chi connectivity index (χ4v) is 1.77. The topological polar surface area (TPSA) is 79.2 Å². The lowest BCUT2D eigenvalue weighted by molar-refractivity contribution is 0.192. The molecule has 0 aliphatic rings. The highest BCUT2D eigenvalue weighted by Gasteiger charge is 2.18. The largest absolute Gasteiger partial charge is 0.385 e. The SMILES string of the molecule is COCCCCCNS(=O)(=O)C(C)C#N. The van der Waals surface area contributed by atoms with Crippen LogP contribution in [0.1, 0.15) is 26.2 Å². The minimum absolute atomic E-state index is 0.387. The van der Waals surface area contributed by atoms with E-state index in [4.69, 9.17) is 10.00 Å². The fraction of sp³-hybridized carbons (Fsp3) is 0.889. The molecule has 0 spiro atoms. The Morgan fingerprint density at radius 3 is 2.60 bits per heavy atom. The molecule has 0 aliphatic carbocycles. The number of methoxy groups -OCH3 is 1. The van der Waals surface area contributed by atoms with E-state index < -0.39 is 15.3 Å². The number of hydrogen-bond acceptors (Lipinski definition) is 4. The molecule has 0 saturated heterocycles. The Morgan fingerprint density at radius 2 is 2.07 bits per heavy atom. The van der Waals surface area contributed by atoms with Crippen molar-refractivity contribution in [3.8, 4) is 6.07 Å². The molecule has 0 amide bonds. The van der Waals surface area contributed by atoms with Gasteiger partial charge >= 0.3 is 0 Å². The minimum atomic E-state index is -3.45. The highest BCUT2D eigenvalue weighted by Crippen LogP contribution is 1.98. The molecule has 0 rings (SSSR count). The number of unbranched alkanes of at least 4 members (excludes halogenated alkanes) is 2. The summed E-state index contributed by atoms with van der Waals surface area (Å²) in [6.07, 6.45) is 2.60. The Kier molecular flexibility index (Phi) is 7.30. The van der Waals surface area contributed by atoms with Crippen molar-refractivity contribution < 1.29 is 13.2 Å². The second kappa shape index (κ2) is 7.63. The van der Waals surface area contributed by atoms with E-state index in [1.54, 1.807) is 13.2 Å². The Hall–Kier alpha value is -0.640. The number of ether oxygens (including phenoxy) is 1. The second-order valence-corrected chi connectivity index (χ2v) is 5.35. The van der Waals surface area contributed by atoms with Gasteiger partial charge in [0, 0.05) is 20.3 Å². The molecule has 0 aromatic heterocycles. The molecule has 0 saturated carbocycles. The van der Waals surface area contributed by atoms with Crippen LogP contribution in [0.25, 0.3) is 0 Å². The van der Waals surface area contributed by atoms with Gasteiger partial charge in [-0.3, -0.25) is 0 Å². The molecule has 0 heterocycles. The van der Waals surface area contributed by atoms with E-state index in [1.165, 1.54) is 6.92 Å². The second-order valence-electron chi connectivity index (χ2n) is 3.26. The van der Waals surface area contributed by atoms with Crippen molar-refractivity contribution in [2.24, 2.45) is 0 Å². The summed E-state index contributed by atoms with van der Waals surface area (Å²) in [5.74, 6) is 0. The summed E-state index contributed by atoms with van der Waals surface area (Å²) < 4.78 is 29.8. The number of sulfonamides is 1. The third-order valence-corrected chi connectivity index (χ3v) is 3.62. The summed E-state index contributed by atoms with van der Waals surface area (Å²) in [5.41, 5.74) is 0. The highest BCUT2D eigenvalue weighted by molar-refractivity contribution is 7.90. The quantitative estimate of drug-likeness (QED) is 0.625. The predicted octanol–water partition coefficient (Wildman–Crippen LogP) is 0.635. The van der Waals surface area contributed by atoms with E-state index in [-0.39, 0.29) is 0 Å². The molecule has 1 unspecified atom stereocenters. The van der Waals surface area contributed by atoms with Crippen molar-refractivity contribution in [1.82, 2.24) is 4.72 Å². The summed E-state index contributed by atoms with van der Waals surface area (Å²) >= 11 is 0. The first-order chi connectivity index (χ1) is 7.04. The number of hydrogen-bond donors (Lipinski definition) is 1. The van der Waals surface area contributed by atoms with Crippen LogP contribution < -0.4 is 4.72 Å². The molecule has 0 radical (unpaired) electrons. The molecule has 1 atom stereocenters. The van der Waals surface area contributed by atoms with Crippen molar-refractivity contribution in [2.75, 3.05) is 20.3 Å². The van der Waals surface area contributed by atoms with Crippen LogP contribution in [-0.4, -0.2) is 33.9 Å². The number of nitrogens with zero attached hydrogens (tertiary/aromatic N) is 1. The van der Waals surface area contributed by atoms with Gasteiger partial charge in [0.25, 0.3) is 0 Å². The normalized spacial score (nSPS) is 13.4. The lowest BCUT2D eigenvalue weighted by Crippen LogP contribution is -2.32. The molecule has 0 fully saturated rings. The zero-order chi connectivity index (χ0) is 11.7. The molecule has 0 aromatic rings. The standard InChI is InChI=1S/C9H18N2O3S/c1-9(8-10)15(12,13)11-6-4-3-5-7-14-2/h9,11H,3-7H2,1-2H3. The first-order valence-electron chi connectivity index (χ1n) is 4.91. The average molecular weight is 234 g/mol. The summed E-state index contributed by atoms with van der Waals surface area (Å²) in [4.78, 5) is 0. The molecule has 0 aliphatic heterocycles. The van der Waals surface area contributed by atoms with Crippen molar-refractivity contribution in [3.63, 3.8) is 0 Å².